The predicted octanol–water partition coefficient (Wildman–Crippen LogP) is 1.76. The van der Waals surface area contributed by atoms with Crippen LogP contribution in [0.15, 0.2) is 24.3 Å². The molecule has 0 atom stereocenters. The maximum atomic E-state index is 11.7. The van der Waals surface area contributed by atoms with Gasteiger partial charge in [0.1, 0.15) is 11.5 Å². The van der Waals surface area contributed by atoms with Gasteiger partial charge in [0.15, 0.2) is 5.60 Å². The highest BCUT2D eigenvalue weighted by atomic mass is 16.6. The normalized spacial score (nSPS) is 27.1. The zero-order valence-electron chi connectivity index (χ0n) is 9.97. The van der Waals surface area contributed by atoms with E-state index in [0.29, 0.717) is 30.3 Å². The first-order chi connectivity index (χ1) is 8.03. The van der Waals surface area contributed by atoms with Gasteiger partial charge in [-0.05, 0) is 43.0 Å². The fraction of sp³-hybridized carbons (Fsp3) is 0.462. The van der Waals surface area contributed by atoms with Crippen LogP contribution in [0.5, 0.6) is 11.5 Å². The molecule has 17 heavy (non-hydrogen) atoms. The van der Waals surface area contributed by atoms with E-state index in [1.165, 1.54) is 0 Å². The van der Waals surface area contributed by atoms with Crippen molar-refractivity contribution in [2.45, 2.75) is 25.4 Å². The van der Waals surface area contributed by atoms with Crippen molar-refractivity contribution < 1.29 is 19.4 Å². The first kappa shape index (κ1) is 11.9. The number of esters is 1. The molecule has 1 fully saturated rings. The fourth-order valence-electron chi connectivity index (χ4n) is 2.11. The van der Waals surface area contributed by atoms with E-state index in [-0.39, 0.29) is 0 Å². The average Bonchev–Trinajstić information content (AvgIpc) is 2.28. The van der Waals surface area contributed by atoms with Crippen LogP contribution in [0.4, 0.5) is 0 Å². The van der Waals surface area contributed by atoms with Crippen molar-refractivity contribution in [2.75, 3.05) is 7.11 Å². The van der Waals surface area contributed by atoms with Crippen molar-refractivity contribution in [3.8, 4) is 11.5 Å². The largest absolute Gasteiger partial charge is 0.497 e. The van der Waals surface area contributed by atoms with E-state index in [2.05, 4.69) is 0 Å². The third-order valence-corrected chi connectivity index (χ3v) is 3.02. The van der Waals surface area contributed by atoms with Gasteiger partial charge in [-0.2, -0.15) is 0 Å². The Hall–Kier alpha value is -1.55. The van der Waals surface area contributed by atoms with Crippen molar-refractivity contribution in [1.29, 1.82) is 0 Å². The van der Waals surface area contributed by atoms with Crippen LogP contribution in [-0.2, 0) is 4.79 Å². The predicted molar refractivity (Wildman–Crippen MR) is 62.0 cm³/mol. The zero-order chi connectivity index (χ0) is 12.5. The van der Waals surface area contributed by atoms with Gasteiger partial charge in [-0.15, -0.1) is 0 Å². The highest BCUT2D eigenvalue weighted by Crippen LogP contribution is 2.38. The van der Waals surface area contributed by atoms with Crippen molar-refractivity contribution in [2.24, 2.45) is 5.92 Å². The monoisotopic (exact) mass is 236 g/mol. The Bertz CT molecular complexity index is 404. The molecule has 0 aromatic heterocycles. The van der Waals surface area contributed by atoms with Crippen LogP contribution < -0.4 is 9.47 Å². The maximum absolute atomic E-state index is 11.7. The number of benzene rings is 1. The minimum atomic E-state index is -1.29. The van der Waals surface area contributed by atoms with Crippen molar-refractivity contribution >= 4 is 5.97 Å². The van der Waals surface area contributed by atoms with E-state index in [1.807, 2.05) is 6.92 Å². The summed E-state index contributed by atoms with van der Waals surface area (Å²) >= 11 is 0. The standard InChI is InChI=1S/C13H16O4/c1-9-7-13(15,8-9)12(14)17-11-5-3-10(16-2)4-6-11/h3-6,9,15H,7-8H2,1-2H3. The molecule has 0 spiro atoms. The molecule has 1 saturated carbocycles. The first-order valence-corrected chi connectivity index (χ1v) is 5.62. The van der Waals surface area contributed by atoms with Gasteiger partial charge in [-0.3, -0.25) is 0 Å². The highest BCUT2D eigenvalue weighted by Gasteiger charge is 2.48. The SMILES string of the molecule is COc1ccc(OC(=O)C2(O)CC(C)C2)cc1. The van der Waals surface area contributed by atoms with Gasteiger partial charge in [0, 0.05) is 0 Å². The molecule has 0 saturated heterocycles. The Morgan fingerprint density at radius 2 is 1.82 bits per heavy atom. The van der Waals surface area contributed by atoms with Crippen LogP contribution in [0.1, 0.15) is 19.8 Å². The number of carbonyl (C=O) groups excluding carboxylic acids is 1. The number of carbonyl (C=O) groups is 1. The molecule has 0 amide bonds. The topological polar surface area (TPSA) is 55.8 Å². The lowest BCUT2D eigenvalue weighted by Gasteiger charge is -2.39. The number of ether oxygens (including phenoxy) is 2. The van der Waals surface area contributed by atoms with E-state index in [4.69, 9.17) is 9.47 Å². The van der Waals surface area contributed by atoms with E-state index in [0.717, 1.165) is 0 Å². The summed E-state index contributed by atoms with van der Waals surface area (Å²) < 4.78 is 10.1. The molecule has 0 radical (unpaired) electrons. The zero-order valence-corrected chi connectivity index (χ0v) is 9.97. The second-order valence-corrected chi connectivity index (χ2v) is 4.61. The van der Waals surface area contributed by atoms with E-state index in [9.17, 15) is 9.90 Å². The molecule has 92 valence electrons. The lowest BCUT2D eigenvalue weighted by molar-refractivity contribution is -0.170. The second-order valence-electron chi connectivity index (χ2n) is 4.61. The Labute approximate surface area is 100 Å². The molecule has 0 aliphatic heterocycles. The molecule has 1 aromatic rings. The van der Waals surface area contributed by atoms with Gasteiger partial charge < -0.3 is 14.6 Å². The Kier molecular flexibility index (Phi) is 3.07. The Morgan fingerprint density at radius 3 is 2.29 bits per heavy atom. The fourth-order valence-corrected chi connectivity index (χ4v) is 2.11. The molecular formula is C13H16O4. The summed E-state index contributed by atoms with van der Waals surface area (Å²) in [6, 6.07) is 6.69. The second kappa shape index (κ2) is 4.37. The molecule has 1 aliphatic carbocycles. The van der Waals surface area contributed by atoms with Crippen LogP contribution >= 0.6 is 0 Å². The van der Waals surface area contributed by atoms with Crippen LogP contribution in [0.2, 0.25) is 0 Å². The van der Waals surface area contributed by atoms with Crippen LogP contribution in [0.25, 0.3) is 0 Å². The average molecular weight is 236 g/mol. The minimum absolute atomic E-state index is 0.378. The van der Waals surface area contributed by atoms with Gasteiger partial charge >= 0.3 is 5.97 Å². The van der Waals surface area contributed by atoms with E-state index < -0.39 is 11.6 Å². The summed E-state index contributed by atoms with van der Waals surface area (Å²) in [6.45, 7) is 2.00. The molecule has 1 N–H and O–H groups in total. The van der Waals surface area contributed by atoms with Crippen molar-refractivity contribution in [1.82, 2.24) is 0 Å². The third kappa shape index (κ3) is 2.42. The van der Waals surface area contributed by atoms with Gasteiger partial charge in [-0.25, -0.2) is 4.79 Å². The third-order valence-electron chi connectivity index (χ3n) is 3.02. The lowest BCUT2D eigenvalue weighted by Crippen LogP contribution is -2.51. The summed E-state index contributed by atoms with van der Waals surface area (Å²) in [7, 11) is 1.57. The molecule has 0 heterocycles. The van der Waals surface area contributed by atoms with Gasteiger partial charge in [0.05, 0.1) is 7.11 Å². The Balaban J connectivity index is 1.98. The Morgan fingerprint density at radius 1 is 1.29 bits per heavy atom. The number of hydrogen-bond donors (Lipinski definition) is 1. The quantitative estimate of drug-likeness (QED) is 0.641. The van der Waals surface area contributed by atoms with Crippen LogP contribution in [0.3, 0.4) is 0 Å². The smallest absolute Gasteiger partial charge is 0.343 e. The number of hydrogen-bond acceptors (Lipinski definition) is 4. The van der Waals surface area contributed by atoms with Gasteiger partial charge in [0.2, 0.25) is 0 Å². The van der Waals surface area contributed by atoms with Crippen molar-refractivity contribution in [3.05, 3.63) is 24.3 Å². The summed E-state index contributed by atoms with van der Waals surface area (Å²) in [5.41, 5.74) is -1.29. The maximum Gasteiger partial charge on any atom is 0.343 e. The van der Waals surface area contributed by atoms with Crippen molar-refractivity contribution in [3.63, 3.8) is 0 Å². The number of methoxy groups -OCH3 is 1. The molecule has 2 rings (SSSR count). The summed E-state index contributed by atoms with van der Waals surface area (Å²) in [5, 5.41) is 9.91. The number of rotatable bonds is 3. The van der Waals surface area contributed by atoms with Gasteiger partial charge in [0.25, 0.3) is 0 Å². The van der Waals surface area contributed by atoms with E-state index in [1.54, 1.807) is 31.4 Å². The van der Waals surface area contributed by atoms with Crippen LogP contribution in [-0.4, -0.2) is 23.8 Å². The summed E-state index contributed by atoms with van der Waals surface area (Å²) in [4.78, 5) is 11.7. The summed E-state index contributed by atoms with van der Waals surface area (Å²) in [6.07, 6.45) is 0.948. The van der Waals surface area contributed by atoms with Gasteiger partial charge in [-0.1, -0.05) is 6.92 Å². The summed E-state index contributed by atoms with van der Waals surface area (Å²) in [5.74, 6) is 0.925. The van der Waals surface area contributed by atoms with Crippen LogP contribution in [0, 0.1) is 5.92 Å². The molecule has 0 bridgehead atoms. The molecule has 1 aromatic carbocycles. The molecular weight excluding hydrogens is 220 g/mol. The lowest BCUT2D eigenvalue weighted by atomic mass is 9.72. The molecule has 4 heteroatoms. The first-order valence-electron chi connectivity index (χ1n) is 5.62. The highest BCUT2D eigenvalue weighted by molar-refractivity contribution is 5.82. The molecule has 1 aliphatic rings. The molecule has 4 nitrogen and oxygen atoms in total. The van der Waals surface area contributed by atoms with E-state index >= 15 is 0 Å². The molecule has 0 unspecified atom stereocenters. The minimum Gasteiger partial charge on any atom is -0.497 e. The number of aliphatic hydroxyl groups is 1.